The Balaban J connectivity index is 2.00. The molecule has 2 aromatic rings. The molecule has 5 heteroatoms. The van der Waals surface area contributed by atoms with Gasteiger partial charge in [-0.25, -0.2) is 4.39 Å². The molecule has 0 amide bonds. The van der Waals surface area contributed by atoms with Crippen molar-refractivity contribution in [2.45, 2.75) is 32.7 Å². The topological polar surface area (TPSA) is 37.8 Å². The fraction of sp³-hybridized carbons (Fsp3) is 0.385. The highest BCUT2D eigenvalue weighted by Gasteiger charge is 2.07. The SMILES string of the molecule is CCC(C)Nc1nnc(Cc2ccc(F)cc2)s1. The van der Waals surface area contributed by atoms with Gasteiger partial charge in [0.2, 0.25) is 5.13 Å². The predicted octanol–water partition coefficient (Wildman–Crippen LogP) is 3.48. The molecule has 96 valence electrons. The monoisotopic (exact) mass is 265 g/mol. The first-order valence-electron chi connectivity index (χ1n) is 6.00. The minimum Gasteiger partial charge on any atom is -0.358 e. The summed E-state index contributed by atoms with van der Waals surface area (Å²) in [5.41, 5.74) is 1.04. The zero-order valence-electron chi connectivity index (χ0n) is 10.5. The Kier molecular flexibility index (Phi) is 4.25. The van der Waals surface area contributed by atoms with Gasteiger partial charge >= 0.3 is 0 Å². The first-order chi connectivity index (χ1) is 8.67. The maximum Gasteiger partial charge on any atom is 0.205 e. The number of anilines is 1. The second-order valence-electron chi connectivity index (χ2n) is 4.26. The van der Waals surface area contributed by atoms with Crippen LogP contribution in [0.3, 0.4) is 0 Å². The highest BCUT2D eigenvalue weighted by Crippen LogP contribution is 2.19. The summed E-state index contributed by atoms with van der Waals surface area (Å²) in [7, 11) is 0. The second kappa shape index (κ2) is 5.91. The lowest BCUT2D eigenvalue weighted by molar-refractivity contribution is 0.627. The van der Waals surface area contributed by atoms with Crippen LogP contribution in [-0.4, -0.2) is 16.2 Å². The van der Waals surface area contributed by atoms with E-state index < -0.39 is 0 Å². The van der Waals surface area contributed by atoms with Gasteiger partial charge in [-0.05, 0) is 31.0 Å². The number of nitrogens with one attached hydrogen (secondary N) is 1. The summed E-state index contributed by atoms with van der Waals surface area (Å²) >= 11 is 1.55. The van der Waals surface area contributed by atoms with Crippen molar-refractivity contribution >= 4 is 16.5 Å². The Morgan fingerprint density at radius 2 is 2.00 bits per heavy atom. The van der Waals surface area contributed by atoms with Crippen LogP contribution >= 0.6 is 11.3 Å². The molecule has 0 saturated heterocycles. The molecule has 1 aromatic heterocycles. The van der Waals surface area contributed by atoms with E-state index in [1.54, 1.807) is 23.5 Å². The van der Waals surface area contributed by atoms with Crippen LogP contribution in [-0.2, 0) is 6.42 Å². The van der Waals surface area contributed by atoms with Crippen LogP contribution in [0.4, 0.5) is 9.52 Å². The van der Waals surface area contributed by atoms with E-state index in [-0.39, 0.29) is 5.82 Å². The summed E-state index contributed by atoms with van der Waals surface area (Å²) in [5.74, 6) is -0.213. The molecule has 0 spiro atoms. The predicted molar refractivity (Wildman–Crippen MR) is 72.5 cm³/mol. The fourth-order valence-corrected chi connectivity index (χ4v) is 2.36. The molecule has 1 aromatic carbocycles. The molecule has 3 nitrogen and oxygen atoms in total. The molecule has 1 unspecified atom stereocenters. The van der Waals surface area contributed by atoms with E-state index in [1.165, 1.54) is 12.1 Å². The standard InChI is InChI=1S/C13H16FN3S/c1-3-9(2)15-13-17-16-12(18-13)8-10-4-6-11(14)7-5-10/h4-7,9H,3,8H2,1-2H3,(H,15,17). The summed E-state index contributed by atoms with van der Waals surface area (Å²) in [6.45, 7) is 4.24. The maximum absolute atomic E-state index is 12.8. The summed E-state index contributed by atoms with van der Waals surface area (Å²) in [4.78, 5) is 0. The highest BCUT2D eigenvalue weighted by molar-refractivity contribution is 7.15. The summed E-state index contributed by atoms with van der Waals surface area (Å²) < 4.78 is 12.8. The Morgan fingerprint density at radius 3 is 2.67 bits per heavy atom. The van der Waals surface area contributed by atoms with Crippen LogP contribution in [0.1, 0.15) is 30.8 Å². The number of hydrogen-bond donors (Lipinski definition) is 1. The molecule has 1 atom stereocenters. The Morgan fingerprint density at radius 1 is 1.28 bits per heavy atom. The van der Waals surface area contributed by atoms with Crippen molar-refractivity contribution in [3.8, 4) is 0 Å². The Labute approximate surface area is 110 Å². The van der Waals surface area contributed by atoms with Gasteiger partial charge < -0.3 is 5.32 Å². The quantitative estimate of drug-likeness (QED) is 0.899. The Hall–Kier alpha value is -1.49. The van der Waals surface area contributed by atoms with Gasteiger partial charge in [-0.15, -0.1) is 10.2 Å². The summed E-state index contributed by atoms with van der Waals surface area (Å²) in [6, 6.07) is 6.89. The molecule has 0 aliphatic heterocycles. The largest absolute Gasteiger partial charge is 0.358 e. The van der Waals surface area contributed by atoms with Crippen LogP contribution < -0.4 is 5.32 Å². The van der Waals surface area contributed by atoms with Gasteiger partial charge in [-0.1, -0.05) is 30.4 Å². The van der Waals surface area contributed by atoms with Crippen molar-refractivity contribution in [3.05, 3.63) is 40.7 Å². The van der Waals surface area contributed by atoms with Crippen LogP contribution in [0.5, 0.6) is 0 Å². The van der Waals surface area contributed by atoms with Crippen molar-refractivity contribution in [1.29, 1.82) is 0 Å². The van der Waals surface area contributed by atoms with E-state index in [0.717, 1.165) is 22.1 Å². The van der Waals surface area contributed by atoms with Gasteiger partial charge in [-0.2, -0.15) is 0 Å². The average molecular weight is 265 g/mol. The summed E-state index contributed by atoms with van der Waals surface area (Å²) in [6.07, 6.45) is 1.74. The van der Waals surface area contributed by atoms with Crippen molar-refractivity contribution < 1.29 is 4.39 Å². The van der Waals surface area contributed by atoms with Crippen LogP contribution in [0.25, 0.3) is 0 Å². The van der Waals surface area contributed by atoms with Crippen molar-refractivity contribution in [2.75, 3.05) is 5.32 Å². The first-order valence-corrected chi connectivity index (χ1v) is 6.82. The molecule has 0 fully saturated rings. The Bertz CT molecular complexity index is 495. The first kappa shape index (κ1) is 13.0. The zero-order chi connectivity index (χ0) is 13.0. The van der Waals surface area contributed by atoms with Crippen molar-refractivity contribution in [3.63, 3.8) is 0 Å². The molecular weight excluding hydrogens is 249 g/mol. The van der Waals surface area contributed by atoms with Gasteiger partial charge in [-0.3, -0.25) is 0 Å². The third-order valence-electron chi connectivity index (χ3n) is 2.72. The van der Waals surface area contributed by atoms with E-state index in [2.05, 4.69) is 29.4 Å². The van der Waals surface area contributed by atoms with Crippen molar-refractivity contribution in [1.82, 2.24) is 10.2 Å². The lowest BCUT2D eigenvalue weighted by Gasteiger charge is -2.07. The molecule has 18 heavy (non-hydrogen) atoms. The molecule has 1 heterocycles. The molecule has 0 radical (unpaired) electrons. The number of nitrogens with zero attached hydrogens (tertiary/aromatic N) is 2. The van der Waals surface area contributed by atoms with E-state index in [0.29, 0.717) is 12.5 Å². The maximum atomic E-state index is 12.8. The van der Waals surface area contributed by atoms with E-state index >= 15 is 0 Å². The minimum absolute atomic E-state index is 0.213. The van der Waals surface area contributed by atoms with E-state index in [4.69, 9.17) is 0 Å². The average Bonchev–Trinajstić information content (AvgIpc) is 2.79. The highest BCUT2D eigenvalue weighted by atomic mass is 32.1. The van der Waals surface area contributed by atoms with Gasteiger partial charge in [0, 0.05) is 12.5 Å². The van der Waals surface area contributed by atoms with Gasteiger partial charge in [0.05, 0.1) is 0 Å². The van der Waals surface area contributed by atoms with Crippen LogP contribution in [0.2, 0.25) is 0 Å². The third-order valence-corrected chi connectivity index (χ3v) is 3.57. The van der Waals surface area contributed by atoms with Gasteiger partial charge in [0.1, 0.15) is 10.8 Å². The van der Waals surface area contributed by atoms with Gasteiger partial charge in [0.15, 0.2) is 0 Å². The number of benzene rings is 1. The fourth-order valence-electron chi connectivity index (χ4n) is 1.47. The number of rotatable bonds is 5. The number of halogens is 1. The molecule has 0 aliphatic rings. The minimum atomic E-state index is -0.213. The smallest absolute Gasteiger partial charge is 0.205 e. The second-order valence-corrected chi connectivity index (χ2v) is 5.32. The van der Waals surface area contributed by atoms with Crippen LogP contribution in [0.15, 0.2) is 24.3 Å². The van der Waals surface area contributed by atoms with Crippen LogP contribution in [0, 0.1) is 5.82 Å². The molecule has 0 aliphatic carbocycles. The number of aromatic nitrogens is 2. The lowest BCUT2D eigenvalue weighted by Crippen LogP contribution is -2.12. The molecule has 0 saturated carbocycles. The van der Waals surface area contributed by atoms with E-state index in [9.17, 15) is 4.39 Å². The lowest BCUT2D eigenvalue weighted by atomic mass is 10.2. The third kappa shape index (κ3) is 3.50. The molecule has 2 rings (SSSR count). The van der Waals surface area contributed by atoms with Crippen molar-refractivity contribution in [2.24, 2.45) is 0 Å². The summed E-state index contributed by atoms with van der Waals surface area (Å²) in [5, 5.41) is 13.3. The van der Waals surface area contributed by atoms with E-state index in [1.807, 2.05) is 0 Å². The van der Waals surface area contributed by atoms with Gasteiger partial charge in [0.25, 0.3) is 0 Å². The molecule has 1 N–H and O–H groups in total. The molecular formula is C13H16FN3S. The zero-order valence-corrected chi connectivity index (χ0v) is 11.3. The molecule has 0 bridgehead atoms. The number of hydrogen-bond acceptors (Lipinski definition) is 4. The normalized spacial score (nSPS) is 12.4.